The second-order valence-corrected chi connectivity index (χ2v) is 5.08. The summed E-state index contributed by atoms with van der Waals surface area (Å²) in [7, 11) is 0. The molecule has 0 unspecified atom stereocenters. The molecule has 0 bridgehead atoms. The van der Waals surface area contributed by atoms with Gasteiger partial charge in [0, 0.05) is 17.8 Å². The van der Waals surface area contributed by atoms with E-state index in [2.05, 4.69) is 26.8 Å². The Morgan fingerprint density at radius 3 is 2.47 bits per heavy atom. The van der Waals surface area contributed by atoms with E-state index in [1.807, 2.05) is 29.2 Å². The summed E-state index contributed by atoms with van der Waals surface area (Å²) in [4.78, 5) is 14.0. The summed E-state index contributed by atoms with van der Waals surface area (Å²) in [5, 5.41) is 0. The standard InChI is InChI=1S/C15H19NO/c1-11(2)10-13-8-9-16(15(13)17)14-6-4-12(3)5-7-14/h4-8,11H,9-10H2,1-3H3. The Bertz CT molecular complexity index is 442. The topological polar surface area (TPSA) is 20.3 Å². The number of amides is 1. The zero-order valence-electron chi connectivity index (χ0n) is 10.7. The average Bonchev–Trinajstić information content (AvgIpc) is 2.61. The van der Waals surface area contributed by atoms with E-state index < -0.39 is 0 Å². The van der Waals surface area contributed by atoms with Crippen molar-refractivity contribution in [3.05, 3.63) is 41.5 Å². The fraction of sp³-hybridized carbons (Fsp3) is 0.400. The van der Waals surface area contributed by atoms with Crippen LogP contribution >= 0.6 is 0 Å². The maximum atomic E-state index is 12.2. The number of carbonyl (C=O) groups excluding carboxylic acids is 1. The van der Waals surface area contributed by atoms with Crippen LogP contribution in [0.4, 0.5) is 5.69 Å². The SMILES string of the molecule is Cc1ccc(N2CC=C(CC(C)C)C2=O)cc1. The molecule has 0 atom stereocenters. The zero-order valence-corrected chi connectivity index (χ0v) is 10.7. The Morgan fingerprint density at radius 1 is 1.24 bits per heavy atom. The van der Waals surface area contributed by atoms with Gasteiger partial charge in [0.15, 0.2) is 0 Å². The number of aryl methyl sites for hydroxylation is 1. The highest BCUT2D eigenvalue weighted by Crippen LogP contribution is 2.24. The summed E-state index contributed by atoms with van der Waals surface area (Å²) < 4.78 is 0. The normalized spacial score (nSPS) is 15.6. The van der Waals surface area contributed by atoms with Gasteiger partial charge in [0.25, 0.3) is 5.91 Å². The summed E-state index contributed by atoms with van der Waals surface area (Å²) in [6.45, 7) is 7.05. The molecule has 1 heterocycles. The van der Waals surface area contributed by atoms with Crippen molar-refractivity contribution in [3.8, 4) is 0 Å². The Labute approximate surface area is 103 Å². The number of hydrogen-bond acceptors (Lipinski definition) is 1. The van der Waals surface area contributed by atoms with Crippen molar-refractivity contribution in [2.24, 2.45) is 5.92 Å². The van der Waals surface area contributed by atoms with Crippen molar-refractivity contribution in [1.29, 1.82) is 0 Å². The Balaban J connectivity index is 2.12. The van der Waals surface area contributed by atoms with Crippen LogP contribution in [0.15, 0.2) is 35.9 Å². The minimum Gasteiger partial charge on any atom is -0.305 e. The number of rotatable bonds is 3. The molecule has 2 nitrogen and oxygen atoms in total. The third kappa shape index (κ3) is 2.57. The highest BCUT2D eigenvalue weighted by molar-refractivity contribution is 6.08. The number of benzene rings is 1. The van der Waals surface area contributed by atoms with Gasteiger partial charge < -0.3 is 4.90 Å². The molecular weight excluding hydrogens is 210 g/mol. The average molecular weight is 229 g/mol. The molecule has 0 saturated carbocycles. The first-order chi connectivity index (χ1) is 8.08. The van der Waals surface area contributed by atoms with E-state index in [0.29, 0.717) is 12.5 Å². The Kier molecular flexibility index (Phi) is 3.32. The van der Waals surface area contributed by atoms with Crippen molar-refractivity contribution in [3.63, 3.8) is 0 Å². The minimum absolute atomic E-state index is 0.169. The lowest BCUT2D eigenvalue weighted by molar-refractivity contribution is -0.114. The molecular formula is C15H19NO. The van der Waals surface area contributed by atoms with Gasteiger partial charge in [-0.05, 0) is 31.4 Å². The molecule has 0 saturated heterocycles. The molecule has 1 aliphatic heterocycles. The van der Waals surface area contributed by atoms with Gasteiger partial charge in [-0.3, -0.25) is 4.79 Å². The smallest absolute Gasteiger partial charge is 0.254 e. The predicted molar refractivity (Wildman–Crippen MR) is 71.1 cm³/mol. The lowest BCUT2D eigenvalue weighted by atomic mass is 10.0. The van der Waals surface area contributed by atoms with Gasteiger partial charge >= 0.3 is 0 Å². The van der Waals surface area contributed by atoms with Crippen LogP contribution in [0.1, 0.15) is 25.8 Å². The third-order valence-electron chi connectivity index (χ3n) is 3.01. The fourth-order valence-electron chi connectivity index (χ4n) is 2.10. The second kappa shape index (κ2) is 4.74. The Morgan fingerprint density at radius 2 is 1.88 bits per heavy atom. The monoisotopic (exact) mass is 229 g/mol. The summed E-state index contributed by atoms with van der Waals surface area (Å²) in [6, 6.07) is 8.12. The summed E-state index contributed by atoms with van der Waals surface area (Å²) >= 11 is 0. The highest BCUT2D eigenvalue weighted by atomic mass is 16.2. The van der Waals surface area contributed by atoms with Crippen LogP contribution in [0, 0.1) is 12.8 Å². The molecule has 1 aromatic rings. The maximum absolute atomic E-state index is 12.2. The van der Waals surface area contributed by atoms with Gasteiger partial charge in [-0.15, -0.1) is 0 Å². The molecule has 1 aliphatic rings. The third-order valence-corrected chi connectivity index (χ3v) is 3.01. The van der Waals surface area contributed by atoms with Crippen LogP contribution in [0.5, 0.6) is 0 Å². The van der Waals surface area contributed by atoms with Crippen LogP contribution < -0.4 is 4.90 Å². The molecule has 0 N–H and O–H groups in total. The van der Waals surface area contributed by atoms with Gasteiger partial charge in [-0.2, -0.15) is 0 Å². The first-order valence-corrected chi connectivity index (χ1v) is 6.15. The molecule has 0 aromatic heterocycles. The van der Waals surface area contributed by atoms with Crippen molar-refractivity contribution in [2.45, 2.75) is 27.2 Å². The van der Waals surface area contributed by atoms with Crippen LogP contribution in [0.3, 0.4) is 0 Å². The molecule has 2 rings (SSSR count). The van der Waals surface area contributed by atoms with Crippen LogP contribution in [0.2, 0.25) is 0 Å². The lowest BCUT2D eigenvalue weighted by Gasteiger charge is -2.17. The maximum Gasteiger partial charge on any atom is 0.254 e. The number of hydrogen-bond donors (Lipinski definition) is 0. The predicted octanol–water partition coefficient (Wildman–Crippen LogP) is 3.31. The molecule has 0 fully saturated rings. The van der Waals surface area contributed by atoms with E-state index in [4.69, 9.17) is 0 Å². The first-order valence-electron chi connectivity index (χ1n) is 6.15. The van der Waals surface area contributed by atoms with Crippen LogP contribution in [0.25, 0.3) is 0 Å². The van der Waals surface area contributed by atoms with E-state index in [1.165, 1.54) is 5.56 Å². The minimum atomic E-state index is 0.169. The van der Waals surface area contributed by atoms with E-state index in [-0.39, 0.29) is 5.91 Å². The van der Waals surface area contributed by atoms with E-state index >= 15 is 0 Å². The highest BCUT2D eigenvalue weighted by Gasteiger charge is 2.24. The lowest BCUT2D eigenvalue weighted by Crippen LogP contribution is -2.26. The zero-order chi connectivity index (χ0) is 12.4. The van der Waals surface area contributed by atoms with Gasteiger partial charge in [0.1, 0.15) is 0 Å². The Hall–Kier alpha value is -1.57. The first kappa shape index (κ1) is 11.9. The van der Waals surface area contributed by atoms with Gasteiger partial charge in [0.05, 0.1) is 0 Å². The van der Waals surface area contributed by atoms with Crippen LogP contribution in [-0.2, 0) is 4.79 Å². The van der Waals surface area contributed by atoms with Gasteiger partial charge in [-0.25, -0.2) is 0 Å². The van der Waals surface area contributed by atoms with E-state index in [0.717, 1.165) is 17.7 Å². The molecule has 90 valence electrons. The van der Waals surface area contributed by atoms with Crippen molar-refractivity contribution in [2.75, 3.05) is 11.4 Å². The molecule has 0 aliphatic carbocycles. The van der Waals surface area contributed by atoms with Crippen molar-refractivity contribution < 1.29 is 4.79 Å². The molecule has 1 amide bonds. The van der Waals surface area contributed by atoms with Crippen molar-refractivity contribution in [1.82, 2.24) is 0 Å². The summed E-state index contributed by atoms with van der Waals surface area (Å²) in [6.07, 6.45) is 2.93. The molecule has 0 radical (unpaired) electrons. The molecule has 0 spiro atoms. The number of carbonyl (C=O) groups is 1. The second-order valence-electron chi connectivity index (χ2n) is 5.08. The van der Waals surface area contributed by atoms with Crippen molar-refractivity contribution >= 4 is 11.6 Å². The fourth-order valence-corrected chi connectivity index (χ4v) is 2.10. The van der Waals surface area contributed by atoms with Crippen LogP contribution in [-0.4, -0.2) is 12.5 Å². The molecule has 1 aromatic carbocycles. The van der Waals surface area contributed by atoms with Gasteiger partial charge in [0.2, 0.25) is 0 Å². The quantitative estimate of drug-likeness (QED) is 0.778. The molecule has 17 heavy (non-hydrogen) atoms. The molecule has 2 heteroatoms. The summed E-state index contributed by atoms with van der Waals surface area (Å²) in [5.74, 6) is 0.700. The van der Waals surface area contributed by atoms with E-state index in [9.17, 15) is 4.79 Å². The number of nitrogens with zero attached hydrogens (tertiary/aromatic N) is 1. The number of anilines is 1. The van der Waals surface area contributed by atoms with E-state index in [1.54, 1.807) is 0 Å². The summed E-state index contributed by atoms with van der Waals surface area (Å²) in [5.41, 5.74) is 3.17. The van der Waals surface area contributed by atoms with Gasteiger partial charge in [-0.1, -0.05) is 37.6 Å². The largest absolute Gasteiger partial charge is 0.305 e.